The van der Waals surface area contributed by atoms with Crippen LogP contribution in [0.1, 0.15) is 47.8 Å². The highest BCUT2D eigenvalue weighted by molar-refractivity contribution is 5.86. The van der Waals surface area contributed by atoms with Crippen LogP contribution in [0.2, 0.25) is 0 Å². The highest BCUT2D eigenvalue weighted by atomic mass is 19.3. The van der Waals surface area contributed by atoms with Gasteiger partial charge in [-0.1, -0.05) is 29.5 Å². The van der Waals surface area contributed by atoms with Crippen LogP contribution in [0.3, 0.4) is 0 Å². The van der Waals surface area contributed by atoms with Gasteiger partial charge in [0.15, 0.2) is 0 Å². The minimum atomic E-state index is -2.36. The van der Waals surface area contributed by atoms with Gasteiger partial charge in [-0.05, 0) is 56.0 Å². The van der Waals surface area contributed by atoms with Gasteiger partial charge in [-0.2, -0.15) is 0 Å². The Morgan fingerprint density at radius 3 is 2.69 bits per heavy atom. The third kappa shape index (κ3) is 7.44. The van der Waals surface area contributed by atoms with Crippen molar-refractivity contribution in [2.75, 3.05) is 26.2 Å². The van der Waals surface area contributed by atoms with Gasteiger partial charge < -0.3 is 15.0 Å². The van der Waals surface area contributed by atoms with E-state index in [0.29, 0.717) is 62.8 Å². The van der Waals surface area contributed by atoms with Crippen molar-refractivity contribution in [3.8, 4) is 5.88 Å². The number of alkyl halides is 2. The number of nitrogens with one attached hydrogen (secondary N) is 2. The van der Waals surface area contributed by atoms with Crippen LogP contribution < -0.4 is 10.1 Å². The van der Waals surface area contributed by atoms with Crippen LogP contribution in [0.15, 0.2) is 46.6 Å². The lowest BCUT2D eigenvalue weighted by Gasteiger charge is -2.31. The number of aromatic nitrogens is 5. The average molecular weight is 621 g/mol. The predicted molar refractivity (Wildman–Crippen MR) is 165 cm³/mol. The number of hydrogen-bond acceptors (Lipinski definition) is 7. The molecular weight excluding hydrogens is 582 g/mol. The van der Waals surface area contributed by atoms with Crippen molar-refractivity contribution in [3.05, 3.63) is 64.7 Å². The smallest absolute Gasteiger partial charge is 0.251 e. The fraction of sp³-hybridized carbons (Fsp3) is 0.484. The molecule has 3 aliphatic rings. The molecule has 1 aromatic carbocycles. The van der Waals surface area contributed by atoms with Crippen molar-refractivity contribution in [2.24, 2.45) is 9.98 Å². The molecule has 2 aliphatic heterocycles. The van der Waals surface area contributed by atoms with Crippen molar-refractivity contribution < 1.29 is 18.3 Å². The maximum absolute atomic E-state index is 13.2. The summed E-state index contributed by atoms with van der Waals surface area (Å²) in [6.45, 7) is 7.38. The molecule has 0 saturated carbocycles. The monoisotopic (exact) mass is 620 g/mol. The highest BCUT2D eigenvalue weighted by Crippen LogP contribution is 2.28. The molecule has 45 heavy (non-hydrogen) atoms. The Hall–Kier alpha value is -4.46. The van der Waals surface area contributed by atoms with Gasteiger partial charge in [0.25, 0.3) is 6.43 Å². The Bertz CT molecular complexity index is 1550. The first-order valence-electron chi connectivity index (χ1n) is 15.3. The van der Waals surface area contributed by atoms with Crippen molar-refractivity contribution in [3.63, 3.8) is 0 Å². The highest BCUT2D eigenvalue weighted by Gasteiger charge is 2.27. The molecule has 0 unspecified atom stereocenters. The van der Waals surface area contributed by atoms with Gasteiger partial charge >= 0.3 is 0 Å². The lowest BCUT2D eigenvalue weighted by molar-refractivity contribution is -0.133. The van der Waals surface area contributed by atoms with E-state index in [0.717, 1.165) is 29.8 Å². The maximum Gasteiger partial charge on any atom is 0.251 e. The first-order chi connectivity index (χ1) is 21.8. The number of likely N-dealkylation sites (tertiary alicyclic amines) is 1. The van der Waals surface area contributed by atoms with Crippen molar-refractivity contribution in [1.82, 2.24) is 40.3 Å². The molecule has 3 aromatic rings. The number of guanidine groups is 1. The standard InChI is InChI=1S/C31H38F2N10O2/c1-20(15-35-31(34-2)36-23-13-21-5-3-4-6-22(21)14-23)25-16-43(19-29(44)42-12-9-26-27(17-42)38-40-37-26)39-30(25)45-24-7-10-41(11-8-24)18-28(32)33/h3-6,15-16,23-24,28H,2,7-14,17-19H2,1H3,(H,35,36)(H,37,38,40)/b20-15+. The molecule has 0 radical (unpaired) electrons. The number of ether oxygens (including phenoxy) is 1. The second-order valence-electron chi connectivity index (χ2n) is 11.8. The third-order valence-corrected chi connectivity index (χ3v) is 8.60. The molecule has 14 heteroatoms. The van der Waals surface area contributed by atoms with Gasteiger partial charge in [-0.15, -0.1) is 10.2 Å². The molecular formula is C31H38F2N10O2. The Balaban J connectivity index is 1.17. The topological polar surface area (TPSA) is 129 Å². The quantitative estimate of drug-likeness (QED) is 0.278. The zero-order chi connectivity index (χ0) is 31.3. The number of piperidine rings is 1. The van der Waals surface area contributed by atoms with Gasteiger partial charge in [-0.3, -0.25) is 19.5 Å². The number of benzene rings is 1. The summed E-state index contributed by atoms with van der Waals surface area (Å²) in [7, 11) is 0. The molecule has 2 N–H and O–H groups in total. The van der Waals surface area contributed by atoms with E-state index in [-0.39, 0.29) is 31.1 Å². The number of amides is 1. The summed E-state index contributed by atoms with van der Waals surface area (Å²) in [5, 5.41) is 18.9. The molecule has 1 saturated heterocycles. The SMILES string of the molecule is C=N/C(=N\C=C(/C)c1cn(CC(=O)N2CCc3[nH]nnc3C2)nc1OC1CCN(CC(F)F)CC1)NC1Cc2ccccc2C1. The van der Waals surface area contributed by atoms with Crippen LogP contribution in [0.25, 0.3) is 5.57 Å². The number of aliphatic imine (C=N–C) groups is 2. The number of carbonyl (C=O) groups is 1. The van der Waals surface area contributed by atoms with E-state index in [9.17, 15) is 13.6 Å². The van der Waals surface area contributed by atoms with E-state index in [1.54, 1.807) is 26.9 Å². The number of carbonyl (C=O) groups excluding carboxylic acids is 1. The van der Waals surface area contributed by atoms with Gasteiger partial charge in [-0.25, -0.2) is 18.8 Å². The van der Waals surface area contributed by atoms with Crippen LogP contribution in [0, 0.1) is 0 Å². The van der Waals surface area contributed by atoms with Gasteiger partial charge in [0.2, 0.25) is 17.7 Å². The molecule has 1 amide bonds. The summed E-state index contributed by atoms with van der Waals surface area (Å²) in [6.07, 6.45) is 4.57. The summed E-state index contributed by atoms with van der Waals surface area (Å²) in [5.41, 5.74) is 5.82. The van der Waals surface area contributed by atoms with E-state index in [1.807, 2.05) is 19.1 Å². The number of fused-ring (bicyclic) bond motifs is 2. The van der Waals surface area contributed by atoms with Crippen LogP contribution in [0.4, 0.5) is 8.78 Å². The molecule has 1 aliphatic carbocycles. The van der Waals surface area contributed by atoms with Crippen molar-refractivity contribution in [1.29, 1.82) is 0 Å². The van der Waals surface area contributed by atoms with Crippen molar-refractivity contribution in [2.45, 2.75) is 70.7 Å². The van der Waals surface area contributed by atoms with E-state index < -0.39 is 6.43 Å². The van der Waals surface area contributed by atoms with E-state index in [2.05, 4.69) is 54.7 Å². The summed E-state index contributed by atoms with van der Waals surface area (Å²) >= 11 is 0. The van der Waals surface area contributed by atoms with Crippen LogP contribution in [0.5, 0.6) is 5.88 Å². The Morgan fingerprint density at radius 2 is 1.98 bits per heavy atom. The van der Waals surface area contributed by atoms with Gasteiger partial charge in [0.05, 0.1) is 24.3 Å². The van der Waals surface area contributed by atoms with Gasteiger partial charge in [0.1, 0.15) is 18.3 Å². The number of rotatable bonds is 9. The summed E-state index contributed by atoms with van der Waals surface area (Å²) < 4.78 is 33.7. The molecule has 4 heterocycles. The molecule has 0 spiro atoms. The second-order valence-corrected chi connectivity index (χ2v) is 11.8. The molecule has 0 bridgehead atoms. The van der Waals surface area contributed by atoms with Crippen LogP contribution >= 0.6 is 0 Å². The molecule has 2 aromatic heterocycles. The zero-order valence-corrected chi connectivity index (χ0v) is 25.3. The second kappa shape index (κ2) is 13.7. The normalized spacial score (nSPS) is 18.3. The van der Waals surface area contributed by atoms with E-state index in [1.165, 1.54) is 11.1 Å². The minimum Gasteiger partial charge on any atom is -0.473 e. The Morgan fingerprint density at radius 1 is 1.22 bits per heavy atom. The maximum atomic E-state index is 13.2. The van der Waals surface area contributed by atoms with Crippen LogP contribution in [-0.2, 0) is 37.1 Å². The molecule has 6 rings (SSSR count). The number of halogens is 2. The minimum absolute atomic E-state index is 0.0240. The Kier molecular flexibility index (Phi) is 9.29. The largest absolute Gasteiger partial charge is 0.473 e. The third-order valence-electron chi connectivity index (χ3n) is 8.60. The molecule has 0 atom stereocenters. The number of H-pyrrole nitrogens is 1. The Labute approximate surface area is 260 Å². The molecule has 12 nitrogen and oxygen atoms in total. The van der Waals surface area contributed by atoms with E-state index in [4.69, 9.17) is 4.74 Å². The zero-order valence-electron chi connectivity index (χ0n) is 25.3. The predicted octanol–water partition coefficient (Wildman–Crippen LogP) is 2.87. The summed E-state index contributed by atoms with van der Waals surface area (Å²) in [6, 6.07) is 8.55. The van der Waals surface area contributed by atoms with Gasteiger partial charge in [0, 0.05) is 44.5 Å². The van der Waals surface area contributed by atoms with E-state index >= 15 is 0 Å². The summed E-state index contributed by atoms with van der Waals surface area (Å²) in [5.74, 6) is 0.703. The summed E-state index contributed by atoms with van der Waals surface area (Å²) in [4.78, 5) is 25.4. The number of aromatic amines is 1. The average Bonchev–Trinajstić information content (AvgIpc) is 3.77. The molecule has 1 fully saturated rings. The van der Waals surface area contributed by atoms with Crippen molar-refractivity contribution >= 4 is 24.2 Å². The lowest BCUT2D eigenvalue weighted by Crippen LogP contribution is -2.40. The first-order valence-corrected chi connectivity index (χ1v) is 15.3. The first kappa shape index (κ1) is 30.6. The fourth-order valence-electron chi connectivity index (χ4n) is 6.16. The fourth-order valence-corrected chi connectivity index (χ4v) is 6.16. The van der Waals surface area contributed by atoms with Crippen LogP contribution in [-0.4, -0.2) is 98.3 Å². The molecule has 238 valence electrons. The number of nitrogens with zero attached hydrogens (tertiary/aromatic N) is 8. The number of hydrogen-bond donors (Lipinski definition) is 2. The number of allylic oxidation sites excluding steroid dienone is 1. The lowest BCUT2D eigenvalue weighted by atomic mass is 10.1.